The number of hydrogen-bond donors (Lipinski definition) is 2. The van der Waals surface area contributed by atoms with Gasteiger partial charge in [-0.25, -0.2) is 0 Å². The van der Waals surface area contributed by atoms with Gasteiger partial charge < -0.3 is 10.6 Å². The molecule has 0 aliphatic heterocycles. The molecule has 0 heterocycles. The van der Waals surface area contributed by atoms with Crippen LogP contribution in [-0.2, 0) is 6.42 Å². The number of nitro benzene ring substituents is 1. The Labute approximate surface area is 156 Å². The van der Waals surface area contributed by atoms with Crippen molar-refractivity contribution in [3.05, 3.63) is 87.5 Å². The number of fused-ring (bicyclic) bond motifs is 3. The fraction of sp³-hybridized carbons (Fsp3) is 0.0952. The molecule has 0 unspecified atom stereocenters. The zero-order valence-corrected chi connectivity index (χ0v) is 14.7. The Morgan fingerprint density at radius 3 is 2.56 bits per heavy atom. The second-order valence-electron chi connectivity index (χ2n) is 6.40. The molecule has 0 fully saturated rings. The Kier molecular flexibility index (Phi) is 4.08. The predicted octanol–water partition coefficient (Wildman–Crippen LogP) is 4.46. The fourth-order valence-electron chi connectivity index (χ4n) is 3.44. The zero-order valence-electron chi connectivity index (χ0n) is 14.7. The minimum absolute atomic E-state index is 0.131. The highest BCUT2D eigenvalue weighted by atomic mass is 16.6. The number of rotatable bonds is 4. The number of anilines is 2. The molecule has 3 aromatic rings. The predicted molar refractivity (Wildman–Crippen MR) is 105 cm³/mol. The van der Waals surface area contributed by atoms with Gasteiger partial charge in [0.2, 0.25) is 0 Å². The summed E-state index contributed by atoms with van der Waals surface area (Å²) in [6.45, 7) is 0. The summed E-state index contributed by atoms with van der Waals surface area (Å²) >= 11 is 0. The SMILES string of the molecule is CNc1ccc(C(=O)Nc2ccc3c(c2)-c2ccccc2C3)cc1[N+](=O)[O-]. The minimum atomic E-state index is -0.505. The van der Waals surface area contributed by atoms with Crippen molar-refractivity contribution < 1.29 is 9.72 Å². The molecule has 6 nitrogen and oxygen atoms in total. The molecule has 0 radical (unpaired) electrons. The van der Waals surface area contributed by atoms with Gasteiger partial charge in [-0.2, -0.15) is 0 Å². The van der Waals surface area contributed by atoms with E-state index in [2.05, 4.69) is 22.8 Å². The van der Waals surface area contributed by atoms with Crippen LogP contribution in [0.1, 0.15) is 21.5 Å². The number of amides is 1. The first-order valence-corrected chi connectivity index (χ1v) is 8.55. The molecule has 134 valence electrons. The maximum atomic E-state index is 12.6. The second kappa shape index (κ2) is 6.57. The average molecular weight is 359 g/mol. The Morgan fingerprint density at radius 2 is 1.78 bits per heavy atom. The third-order valence-electron chi connectivity index (χ3n) is 4.78. The summed E-state index contributed by atoms with van der Waals surface area (Å²) < 4.78 is 0. The second-order valence-corrected chi connectivity index (χ2v) is 6.40. The molecule has 0 aromatic heterocycles. The van der Waals surface area contributed by atoms with Crippen molar-refractivity contribution in [3.8, 4) is 11.1 Å². The van der Waals surface area contributed by atoms with Gasteiger partial charge in [0, 0.05) is 24.4 Å². The van der Waals surface area contributed by atoms with Crippen LogP contribution in [0.5, 0.6) is 0 Å². The minimum Gasteiger partial charge on any atom is -0.383 e. The molecule has 27 heavy (non-hydrogen) atoms. The lowest BCUT2D eigenvalue weighted by Gasteiger charge is -2.09. The summed E-state index contributed by atoms with van der Waals surface area (Å²) in [6.07, 6.45) is 0.886. The van der Waals surface area contributed by atoms with Crippen molar-refractivity contribution in [1.29, 1.82) is 0 Å². The highest BCUT2D eigenvalue weighted by Crippen LogP contribution is 2.38. The van der Waals surface area contributed by atoms with Crippen molar-refractivity contribution in [2.75, 3.05) is 17.7 Å². The maximum absolute atomic E-state index is 12.6. The molecule has 6 heteroatoms. The van der Waals surface area contributed by atoms with Gasteiger partial charge in [-0.1, -0.05) is 30.3 Å². The highest BCUT2D eigenvalue weighted by molar-refractivity contribution is 6.05. The highest BCUT2D eigenvalue weighted by Gasteiger charge is 2.20. The molecule has 0 atom stereocenters. The standard InChI is InChI=1S/C21H17N3O3/c1-22-19-9-7-15(11-20(19)24(26)27)21(25)23-16-8-6-14-10-13-4-2-3-5-17(13)18(14)12-16/h2-9,11-12,22H,10H2,1H3,(H,23,25). The number of nitro groups is 1. The van der Waals surface area contributed by atoms with Crippen molar-refractivity contribution in [3.63, 3.8) is 0 Å². The Bertz CT molecular complexity index is 1080. The topological polar surface area (TPSA) is 84.3 Å². The summed E-state index contributed by atoms with van der Waals surface area (Å²) in [5.41, 5.74) is 5.92. The lowest BCUT2D eigenvalue weighted by atomic mass is 10.1. The van der Waals surface area contributed by atoms with Gasteiger partial charge in [-0.05, 0) is 52.9 Å². The van der Waals surface area contributed by atoms with Crippen LogP contribution in [0.4, 0.5) is 17.1 Å². The number of hydrogen-bond acceptors (Lipinski definition) is 4. The van der Waals surface area contributed by atoms with E-state index in [-0.39, 0.29) is 17.2 Å². The lowest BCUT2D eigenvalue weighted by molar-refractivity contribution is -0.384. The van der Waals surface area contributed by atoms with Gasteiger partial charge in [0.25, 0.3) is 11.6 Å². The van der Waals surface area contributed by atoms with E-state index in [1.807, 2.05) is 30.3 Å². The lowest BCUT2D eigenvalue weighted by Crippen LogP contribution is -2.12. The Hall–Kier alpha value is -3.67. The van der Waals surface area contributed by atoms with Gasteiger partial charge in [-0.15, -0.1) is 0 Å². The molecule has 0 saturated heterocycles. The van der Waals surface area contributed by atoms with E-state index < -0.39 is 4.92 Å². The number of carbonyl (C=O) groups is 1. The number of carbonyl (C=O) groups excluding carboxylic acids is 1. The van der Waals surface area contributed by atoms with Crippen LogP contribution < -0.4 is 10.6 Å². The maximum Gasteiger partial charge on any atom is 0.293 e. The van der Waals surface area contributed by atoms with Crippen LogP contribution in [0.15, 0.2) is 60.7 Å². The first-order chi connectivity index (χ1) is 13.1. The molecule has 1 amide bonds. The first kappa shape index (κ1) is 16.8. The summed E-state index contributed by atoms with van der Waals surface area (Å²) in [5.74, 6) is -0.382. The van der Waals surface area contributed by atoms with Gasteiger partial charge in [0.1, 0.15) is 5.69 Å². The molecule has 0 bridgehead atoms. The average Bonchev–Trinajstić information content (AvgIpc) is 3.05. The van der Waals surface area contributed by atoms with Crippen LogP contribution in [0.25, 0.3) is 11.1 Å². The van der Waals surface area contributed by atoms with Crippen molar-refractivity contribution in [2.24, 2.45) is 0 Å². The quantitative estimate of drug-likeness (QED) is 0.416. The number of nitrogens with one attached hydrogen (secondary N) is 2. The Morgan fingerprint density at radius 1 is 1.00 bits per heavy atom. The third kappa shape index (κ3) is 3.01. The number of benzene rings is 3. The first-order valence-electron chi connectivity index (χ1n) is 8.55. The van der Waals surface area contributed by atoms with Gasteiger partial charge >= 0.3 is 0 Å². The van der Waals surface area contributed by atoms with E-state index >= 15 is 0 Å². The molecule has 1 aliphatic rings. The Balaban J connectivity index is 1.62. The normalized spacial score (nSPS) is 11.4. The molecule has 4 rings (SSSR count). The van der Waals surface area contributed by atoms with Crippen LogP contribution in [-0.4, -0.2) is 17.9 Å². The zero-order chi connectivity index (χ0) is 19.0. The smallest absolute Gasteiger partial charge is 0.293 e. The largest absolute Gasteiger partial charge is 0.383 e. The van der Waals surface area contributed by atoms with E-state index in [1.165, 1.54) is 28.8 Å². The molecule has 0 saturated carbocycles. The van der Waals surface area contributed by atoms with Gasteiger partial charge in [0.05, 0.1) is 4.92 Å². The van der Waals surface area contributed by atoms with E-state index in [1.54, 1.807) is 13.1 Å². The summed E-state index contributed by atoms with van der Waals surface area (Å²) in [7, 11) is 1.60. The van der Waals surface area contributed by atoms with E-state index in [0.29, 0.717) is 11.4 Å². The van der Waals surface area contributed by atoms with E-state index in [9.17, 15) is 14.9 Å². The third-order valence-corrected chi connectivity index (χ3v) is 4.78. The van der Waals surface area contributed by atoms with E-state index in [0.717, 1.165) is 12.0 Å². The summed E-state index contributed by atoms with van der Waals surface area (Å²) in [6, 6.07) is 18.4. The van der Waals surface area contributed by atoms with Gasteiger partial charge in [0.15, 0.2) is 0 Å². The molecular weight excluding hydrogens is 342 g/mol. The summed E-state index contributed by atoms with van der Waals surface area (Å²) in [4.78, 5) is 23.3. The van der Waals surface area contributed by atoms with Crippen LogP contribution in [0.2, 0.25) is 0 Å². The van der Waals surface area contributed by atoms with Crippen molar-refractivity contribution in [2.45, 2.75) is 6.42 Å². The summed E-state index contributed by atoms with van der Waals surface area (Å²) in [5, 5.41) is 16.8. The number of nitrogens with zero attached hydrogens (tertiary/aromatic N) is 1. The molecular formula is C21H17N3O3. The van der Waals surface area contributed by atoms with Crippen LogP contribution in [0, 0.1) is 10.1 Å². The molecule has 1 aliphatic carbocycles. The fourth-order valence-corrected chi connectivity index (χ4v) is 3.44. The monoisotopic (exact) mass is 359 g/mol. The molecule has 0 spiro atoms. The van der Waals surface area contributed by atoms with Gasteiger partial charge in [-0.3, -0.25) is 14.9 Å². The molecule has 2 N–H and O–H groups in total. The van der Waals surface area contributed by atoms with Crippen molar-refractivity contribution >= 4 is 23.0 Å². The van der Waals surface area contributed by atoms with Crippen LogP contribution in [0.3, 0.4) is 0 Å². The molecule has 3 aromatic carbocycles. The van der Waals surface area contributed by atoms with Crippen molar-refractivity contribution in [1.82, 2.24) is 0 Å². The van der Waals surface area contributed by atoms with Crippen LogP contribution >= 0.6 is 0 Å². The van der Waals surface area contributed by atoms with E-state index in [4.69, 9.17) is 0 Å².